The first-order valence-corrected chi connectivity index (χ1v) is 8.79. The molecule has 0 amide bonds. The third-order valence-electron chi connectivity index (χ3n) is 3.33. The minimum atomic E-state index is -0.379. The van der Waals surface area contributed by atoms with Gasteiger partial charge in [0.05, 0.1) is 17.7 Å². The minimum absolute atomic E-state index is 0.379. The minimum Gasteiger partial charge on any atom is -0.493 e. The number of halogens is 2. The summed E-state index contributed by atoms with van der Waals surface area (Å²) in [7, 11) is 1.61. The van der Waals surface area contributed by atoms with Gasteiger partial charge in [0.25, 0.3) is 0 Å². The first-order chi connectivity index (χ1) is 11.5. The summed E-state index contributed by atoms with van der Waals surface area (Å²) >= 11 is 9.53. The largest absolute Gasteiger partial charge is 0.493 e. The first-order valence-electron chi connectivity index (χ1n) is 7.62. The summed E-state index contributed by atoms with van der Waals surface area (Å²) in [6.45, 7) is 3.31. The van der Waals surface area contributed by atoms with Crippen LogP contribution < -0.4 is 14.8 Å². The van der Waals surface area contributed by atoms with Crippen molar-refractivity contribution in [1.82, 2.24) is 5.32 Å². The average Bonchev–Trinajstić information content (AvgIpc) is 2.53. The second kappa shape index (κ2) is 9.28. The van der Waals surface area contributed by atoms with E-state index in [1.807, 2.05) is 36.4 Å². The fraction of sp³-hybridized carbons (Fsp3) is 0.333. The quantitative estimate of drug-likeness (QED) is 0.681. The van der Waals surface area contributed by atoms with Crippen LogP contribution in [0.1, 0.15) is 18.1 Å². The molecule has 0 aliphatic heterocycles. The smallest absolute Gasteiger partial charge is 0.175 e. The number of aliphatic hydroxyl groups is 1. The van der Waals surface area contributed by atoms with E-state index in [0.717, 1.165) is 15.6 Å². The van der Waals surface area contributed by atoms with Gasteiger partial charge < -0.3 is 19.9 Å². The van der Waals surface area contributed by atoms with Crippen LogP contribution in [0.15, 0.2) is 40.9 Å². The Morgan fingerprint density at radius 3 is 2.71 bits per heavy atom. The van der Waals surface area contributed by atoms with Crippen LogP contribution in [-0.2, 0) is 13.2 Å². The average molecular weight is 415 g/mol. The number of ether oxygens (including phenoxy) is 2. The lowest BCUT2D eigenvalue weighted by Gasteiger charge is -2.15. The molecule has 0 heterocycles. The lowest BCUT2D eigenvalue weighted by molar-refractivity contribution is 0.191. The highest BCUT2D eigenvalue weighted by Gasteiger charge is 2.12. The normalized spacial score (nSPS) is 12.0. The molecule has 4 nitrogen and oxygen atoms in total. The molecular formula is C18H21BrClNO3. The molecule has 130 valence electrons. The van der Waals surface area contributed by atoms with Crippen LogP contribution in [0.3, 0.4) is 0 Å². The monoisotopic (exact) mass is 413 g/mol. The summed E-state index contributed by atoms with van der Waals surface area (Å²) < 4.78 is 12.2. The highest BCUT2D eigenvalue weighted by atomic mass is 79.9. The Labute approximate surface area is 155 Å². The molecule has 1 unspecified atom stereocenters. The van der Waals surface area contributed by atoms with Crippen LogP contribution in [0.25, 0.3) is 0 Å². The van der Waals surface area contributed by atoms with E-state index in [-0.39, 0.29) is 6.10 Å². The molecule has 0 saturated carbocycles. The topological polar surface area (TPSA) is 50.7 Å². The molecule has 2 rings (SSSR count). The molecule has 0 fully saturated rings. The lowest BCUT2D eigenvalue weighted by Crippen LogP contribution is -2.23. The van der Waals surface area contributed by atoms with Gasteiger partial charge in [-0.05, 0) is 58.2 Å². The van der Waals surface area contributed by atoms with E-state index in [9.17, 15) is 5.11 Å². The molecule has 0 aromatic heterocycles. The highest BCUT2D eigenvalue weighted by molar-refractivity contribution is 9.10. The Morgan fingerprint density at radius 1 is 1.25 bits per heavy atom. The fourth-order valence-corrected chi connectivity index (χ4v) is 3.04. The van der Waals surface area contributed by atoms with Crippen molar-refractivity contribution in [3.63, 3.8) is 0 Å². The predicted molar refractivity (Wildman–Crippen MR) is 99.9 cm³/mol. The van der Waals surface area contributed by atoms with Crippen LogP contribution in [0.4, 0.5) is 0 Å². The third kappa shape index (κ3) is 5.67. The predicted octanol–water partition coefficient (Wildman–Crippen LogP) is 4.16. The van der Waals surface area contributed by atoms with Crippen LogP contribution in [0.2, 0.25) is 5.02 Å². The van der Waals surface area contributed by atoms with Crippen molar-refractivity contribution in [3.8, 4) is 11.5 Å². The summed E-state index contributed by atoms with van der Waals surface area (Å²) in [6.07, 6.45) is -0.379. The molecular weight excluding hydrogens is 394 g/mol. The highest BCUT2D eigenvalue weighted by Crippen LogP contribution is 2.37. The zero-order valence-electron chi connectivity index (χ0n) is 13.7. The molecule has 2 N–H and O–H groups in total. The summed E-state index contributed by atoms with van der Waals surface area (Å²) in [5.74, 6) is 1.30. The third-order valence-corrected chi connectivity index (χ3v) is 4.15. The van der Waals surface area contributed by atoms with E-state index in [4.69, 9.17) is 21.1 Å². The van der Waals surface area contributed by atoms with Crippen LogP contribution in [0, 0.1) is 0 Å². The van der Waals surface area contributed by atoms with E-state index in [0.29, 0.717) is 36.2 Å². The van der Waals surface area contributed by atoms with Gasteiger partial charge in [-0.1, -0.05) is 23.7 Å². The van der Waals surface area contributed by atoms with Gasteiger partial charge in [0.1, 0.15) is 6.61 Å². The van der Waals surface area contributed by atoms with Crippen molar-refractivity contribution < 1.29 is 14.6 Å². The van der Waals surface area contributed by atoms with Crippen molar-refractivity contribution >= 4 is 27.5 Å². The lowest BCUT2D eigenvalue weighted by atomic mass is 10.2. The molecule has 1 atom stereocenters. The van der Waals surface area contributed by atoms with Gasteiger partial charge in [0.15, 0.2) is 11.5 Å². The summed E-state index contributed by atoms with van der Waals surface area (Å²) in [4.78, 5) is 0. The molecule has 2 aromatic rings. The Morgan fingerprint density at radius 2 is 2.04 bits per heavy atom. The molecule has 24 heavy (non-hydrogen) atoms. The summed E-state index contributed by atoms with van der Waals surface area (Å²) in [5.41, 5.74) is 2.02. The maximum absolute atomic E-state index is 9.30. The standard InChI is InChI=1S/C18H21BrClNO3/c1-12(22)9-21-10-14-7-16(19)18(17(8-14)23-2)24-11-13-4-3-5-15(20)6-13/h3-8,12,21-22H,9-11H2,1-2H3. The van der Waals surface area contributed by atoms with Crippen LogP contribution >= 0.6 is 27.5 Å². The van der Waals surface area contributed by atoms with E-state index in [1.54, 1.807) is 14.0 Å². The van der Waals surface area contributed by atoms with Gasteiger partial charge >= 0.3 is 0 Å². The Hall–Kier alpha value is -1.27. The second-order valence-electron chi connectivity index (χ2n) is 5.51. The van der Waals surface area contributed by atoms with Crippen molar-refractivity contribution in [1.29, 1.82) is 0 Å². The maximum Gasteiger partial charge on any atom is 0.175 e. The van der Waals surface area contributed by atoms with Crippen molar-refractivity contribution in [3.05, 3.63) is 57.0 Å². The Bertz CT molecular complexity index is 679. The molecule has 0 radical (unpaired) electrons. The van der Waals surface area contributed by atoms with Crippen molar-refractivity contribution in [2.75, 3.05) is 13.7 Å². The van der Waals surface area contributed by atoms with Gasteiger partial charge in [-0.15, -0.1) is 0 Å². The second-order valence-corrected chi connectivity index (χ2v) is 6.80. The molecule has 0 saturated heterocycles. The zero-order valence-corrected chi connectivity index (χ0v) is 16.0. The van der Waals surface area contributed by atoms with Crippen LogP contribution in [0.5, 0.6) is 11.5 Å². The molecule has 0 spiro atoms. The van der Waals surface area contributed by atoms with Crippen molar-refractivity contribution in [2.24, 2.45) is 0 Å². The van der Waals surface area contributed by atoms with Gasteiger partial charge in [0.2, 0.25) is 0 Å². The molecule has 6 heteroatoms. The molecule has 0 aliphatic rings. The van der Waals surface area contributed by atoms with Crippen molar-refractivity contribution in [2.45, 2.75) is 26.2 Å². The molecule has 2 aromatic carbocycles. The Kier molecular flexibility index (Phi) is 7.37. The van der Waals surface area contributed by atoms with E-state index >= 15 is 0 Å². The maximum atomic E-state index is 9.30. The fourth-order valence-electron chi connectivity index (χ4n) is 2.22. The SMILES string of the molecule is COc1cc(CNCC(C)O)cc(Br)c1OCc1cccc(Cl)c1. The summed E-state index contributed by atoms with van der Waals surface area (Å²) in [5, 5.41) is 13.2. The number of nitrogens with one attached hydrogen (secondary N) is 1. The van der Waals surface area contributed by atoms with Gasteiger partial charge in [0, 0.05) is 18.1 Å². The van der Waals surface area contributed by atoms with Gasteiger partial charge in [-0.2, -0.15) is 0 Å². The molecule has 0 aliphatic carbocycles. The molecule has 0 bridgehead atoms. The number of benzene rings is 2. The number of aliphatic hydroxyl groups excluding tert-OH is 1. The first kappa shape index (κ1) is 19.1. The number of hydrogen-bond acceptors (Lipinski definition) is 4. The van der Waals surface area contributed by atoms with E-state index in [2.05, 4.69) is 21.2 Å². The van der Waals surface area contributed by atoms with Gasteiger partial charge in [-0.25, -0.2) is 0 Å². The van der Waals surface area contributed by atoms with E-state index in [1.165, 1.54) is 0 Å². The zero-order chi connectivity index (χ0) is 17.5. The van der Waals surface area contributed by atoms with E-state index < -0.39 is 0 Å². The summed E-state index contributed by atoms with van der Waals surface area (Å²) in [6, 6.07) is 11.5. The van der Waals surface area contributed by atoms with Crippen LogP contribution in [-0.4, -0.2) is 24.9 Å². The number of rotatable bonds is 8. The van der Waals surface area contributed by atoms with Gasteiger partial charge in [-0.3, -0.25) is 0 Å². The number of methoxy groups -OCH3 is 1. The Balaban J connectivity index is 2.09. The number of hydrogen-bond donors (Lipinski definition) is 2.